The molecule has 3 nitrogen and oxygen atoms in total. The molecule has 0 bridgehead atoms. The summed E-state index contributed by atoms with van der Waals surface area (Å²) in [6, 6.07) is 5.45. The average molecular weight is 330 g/mol. The Kier molecular flexibility index (Phi) is 5.45. The van der Waals surface area contributed by atoms with E-state index in [-0.39, 0.29) is 12.2 Å². The van der Waals surface area contributed by atoms with Gasteiger partial charge in [-0.2, -0.15) is 0 Å². The highest BCUT2D eigenvalue weighted by Gasteiger charge is 2.16. The Bertz CT molecular complexity index is 812. The van der Waals surface area contributed by atoms with E-state index in [1.54, 1.807) is 19.4 Å². The molecule has 0 atom stereocenters. The lowest BCUT2D eigenvalue weighted by molar-refractivity contribution is 0.0992. The van der Waals surface area contributed by atoms with Crippen molar-refractivity contribution < 1.29 is 9.53 Å². The summed E-state index contributed by atoms with van der Waals surface area (Å²) in [6.45, 7) is 7.63. The number of hydrogen-bond acceptors (Lipinski definition) is 2. The van der Waals surface area contributed by atoms with E-state index in [9.17, 15) is 4.79 Å². The van der Waals surface area contributed by atoms with Gasteiger partial charge in [-0.3, -0.25) is 4.79 Å². The molecule has 23 heavy (non-hydrogen) atoms. The summed E-state index contributed by atoms with van der Waals surface area (Å²) in [4.78, 5) is 15.8. The Hall–Kier alpha value is -2.26. The zero-order valence-corrected chi connectivity index (χ0v) is 14.3. The first-order chi connectivity index (χ1) is 11.0. The molecule has 1 N–H and O–H groups in total. The van der Waals surface area contributed by atoms with Crippen LogP contribution < -0.4 is 0 Å². The van der Waals surface area contributed by atoms with Crippen molar-refractivity contribution in [1.29, 1.82) is 0 Å². The van der Waals surface area contributed by atoms with Crippen molar-refractivity contribution in [3.05, 3.63) is 70.6 Å². The molecule has 0 radical (unpaired) electrons. The molecule has 0 saturated heterocycles. The fourth-order valence-corrected chi connectivity index (χ4v) is 2.61. The summed E-state index contributed by atoms with van der Waals surface area (Å²) in [5.74, 6) is 0.688. The SMILES string of the molecule is C=C(C)/C=C(OC)\C(=C/C)CC(=O)c1c[nH]c2cc(Cl)ccc12. The number of methoxy groups -OCH3 is 1. The van der Waals surface area contributed by atoms with Gasteiger partial charge in [0.2, 0.25) is 0 Å². The second kappa shape index (κ2) is 7.34. The van der Waals surface area contributed by atoms with Gasteiger partial charge in [0.15, 0.2) is 5.78 Å². The van der Waals surface area contributed by atoms with Gasteiger partial charge < -0.3 is 9.72 Å². The van der Waals surface area contributed by atoms with E-state index in [2.05, 4.69) is 11.6 Å². The Labute approximate surface area is 141 Å². The van der Waals surface area contributed by atoms with Crippen molar-refractivity contribution >= 4 is 28.3 Å². The van der Waals surface area contributed by atoms with E-state index in [0.717, 1.165) is 22.0 Å². The van der Waals surface area contributed by atoms with Crippen LogP contribution in [0.5, 0.6) is 0 Å². The molecule has 0 aliphatic rings. The molecule has 0 unspecified atom stereocenters. The van der Waals surface area contributed by atoms with Crippen LogP contribution in [0.15, 0.2) is 60.0 Å². The van der Waals surface area contributed by atoms with Crippen molar-refractivity contribution in [3.8, 4) is 0 Å². The average Bonchev–Trinajstić information content (AvgIpc) is 2.93. The number of Topliss-reactive ketones (excluding diaryl/α,β-unsaturated/α-hetero) is 1. The van der Waals surface area contributed by atoms with Gasteiger partial charge in [-0.15, -0.1) is 0 Å². The highest BCUT2D eigenvalue weighted by Crippen LogP contribution is 2.25. The number of aromatic nitrogens is 1. The molecule has 2 aromatic rings. The second-order valence-corrected chi connectivity index (χ2v) is 5.80. The molecule has 0 aliphatic carbocycles. The number of ketones is 1. The lowest BCUT2D eigenvalue weighted by atomic mass is 10.0. The molecule has 120 valence electrons. The molecule has 1 heterocycles. The Morgan fingerprint density at radius 1 is 1.43 bits per heavy atom. The van der Waals surface area contributed by atoms with Crippen LogP contribution in [-0.4, -0.2) is 17.9 Å². The van der Waals surface area contributed by atoms with E-state index in [1.165, 1.54) is 0 Å². The van der Waals surface area contributed by atoms with Gasteiger partial charge in [-0.1, -0.05) is 35.9 Å². The zero-order valence-electron chi connectivity index (χ0n) is 13.6. The molecule has 2 rings (SSSR count). The largest absolute Gasteiger partial charge is 0.496 e. The first kappa shape index (κ1) is 17.1. The lowest BCUT2D eigenvalue weighted by Crippen LogP contribution is -2.03. The molecule has 1 aromatic carbocycles. The van der Waals surface area contributed by atoms with Gasteiger partial charge >= 0.3 is 0 Å². The van der Waals surface area contributed by atoms with Crippen LogP contribution in [0.25, 0.3) is 10.9 Å². The molecule has 4 heteroatoms. The lowest BCUT2D eigenvalue weighted by Gasteiger charge is -2.10. The molecule has 0 saturated carbocycles. The highest BCUT2D eigenvalue weighted by atomic mass is 35.5. The Balaban J connectivity index is 2.30. The van der Waals surface area contributed by atoms with Gasteiger partial charge in [0.05, 0.1) is 7.11 Å². The van der Waals surface area contributed by atoms with E-state index in [1.807, 2.05) is 38.1 Å². The molecule has 0 fully saturated rings. The molecule has 1 aromatic heterocycles. The number of carbonyl (C=O) groups is 1. The zero-order chi connectivity index (χ0) is 17.0. The van der Waals surface area contributed by atoms with Crippen LogP contribution in [0.4, 0.5) is 0 Å². The molecule has 0 aliphatic heterocycles. The summed E-state index contributed by atoms with van der Waals surface area (Å²) in [7, 11) is 1.59. The first-order valence-corrected chi connectivity index (χ1v) is 7.70. The number of aromatic amines is 1. The number of benzene rings is 1. The number of rotatable bonds is 6. The summed E-state index contributed by atoms with van der Waals surface area (Å²) in [5, 5.41) is 1.51. The maximum atomic E-state index is 12.7. The van der Waals surface area contributed by atoms with Gasteiger partial charge in [-0.05, 0) is 37.6 Å². The van der Waals surface area contributed by atoms with Crippen LogP contribution in [-0.2, 0) is 4.74 Å². The topological polar surface area (TPSA) is 42.1 Å². The predicted molar refractivity (Wildman–Crippen MR) is 95.9 cm³/mol. The fraction of sp³-hybridized carbons (Fsp3) is 0.211. The molecular weight excluding hydrogens is 310 g/mol. The third-order valence-corrected chi connectivity index (χ3v) is 3.79. The van der Waals surface area contributed by atoms with E-state index >= 15 is 0 Å². The summed E-state index contributed by atoms with van der Waals surface area (Å²) < 4.78 is 5.39. The third kappa shape index (κ3) is 3.93. The minimum atomic E-state index is 0.0244. The van der Waals surface area contributed by atoms with Crippen LogP contribution in [0, 0.1) is 0 Å². The van der Waals surface area contributed by atoms with Crippen molar-refractivity contribution in [2.24, 2.45) is 0 Å². The van der Waals surface area contributed by atoms with Gasteiger partial charge in [0, 0.05) is 34.1 Å². The van der Waals surface area contributed by atoms with Crippen molar-refractivity contribution in [2.45, 2.75) is 20.3 Å². The smallest absolute Gasteiger partial charge is 0.169 e. The second-order valence-electron chi connectivity index (χ2n) is 5.37. The number of carbonyl (C=O) groups excluding carboxylic acids is 1. The normalized spacial score (nSPS) is 12.5. The maximum absolute atomic E-state index is 12.7. The number of H-pyrrole nitrogens is 1. The van der Waals surface area contributed by atoms with Crippen LogP contribution in [0.1, 0.15) is 30.6 Å². The van der Waals surface area contributed by atoms with E-state index < -0.39 is 0 Å². The van der Waals surface area contributed by atoms with Gasteiger partial charge in [-0.25, -0.2) is 0 Å². The van der Waals surface area contributed by atoms with Crippen LogP contribution in [0.2, 0.25) is 5.02 Å². The van der Waals surface area contributed by atoms with Crippen LogP contribution >= 0.6 is 11.6 Å². The standard InChI is InChI=1S/C19H20ClNO2/c1-5-13(19(23-4)8-12(2)3)9-18(22)16-11-21-17-10-14(20)6-7-15(16)17/h5-8,10-11,21H,2,9H2,1,3-4H3/b13-5-,19-8+. The Morgan fingerprint density at radius 3 is 2.78 bits per heavy atom. The number of nitrogens with one attached hydrogen (secondary N) is 1. The van der Waals surface area contributed by atoms with E-state index in [4.69, 9.17) is 16.3 Å². The third-order valence-electron chi connectivity index (χ3n) is 3.56. The van der Waals surface area contributed by atoms with Crippen LogP contribution in [0.3, 0.4) is 0 Å². The maximum Gasteiger partial charge on any atom is 0.169 e. The number of hydrogen-bond donors (Lipinski definition) is 1. The number of allylic oxidation sites excluding steroid dienone is 4. The number of halogens is 1. The quantitative estimate of drug-likeness (QED) is 0.435. The Morgan fingerprint density at radius 2 is 2.17 bits per heavy atom. The van der Waals surface area contributed by atoms with Crippen molar-refractivity contribution in [1.82, 2.24) is 4.98 Å². The monoisotopic (exact) mass is 329 g/mol. The molecule has 0 spiro atoms. The number of fused-ring (bicyclic) bond motifs is 1. The predicted octanol–water partition coefficient (Wildman–Crippen LogP) is 5.45. The minimum Gasteiger partial charge on any atom is -0.496 e. The number of ether oxygens (including phenoxy) is 1. The molecule has 0 amide bonds. The molecular formula is C19H20ClNO2. The summed E-state index contributed by atoms with van der Waals surface area (Å²) >= 11 is 5.98. The summed E-state index contributed by atoms with van der Waals surface area (Å²) in [6.07, 6.45) is 5.71. The highest BCUT2D eigenvalue weighted by molar-refractivity contribution is 6.31. The van der Waals surface area contributed by atoms with Crippen molar-refractivity contribution in [3.63, 3.8) is 0 Å². The van der Waals surface area contributed by atoms with Gasteiger partial charge in [0.1, 0.15) is 5.76 Å². The summed E-state index contributed by atoms with van der Waals surface area (Å²) in [5.41, 5.74) is 3.22. The minimum absolute atomic E-state index is 0.0244. The van der Waals surface area contributed by atoms with Gasteiger partial charge in [0.25, 0.3) is 0 Å². The first-order valence-electron chi connectivity index (χ1n) is 7.32. The van der Waals surface area contributed by atoms with Crippen molar-refractivity contribution in [2.75, 3.05) is 7.11 Å². The van der Waals surface area contributed by atoms with E-state index in [0.29, 0.717) is 16.3 Å². The fourth-order valence-electron chi connectivity index (χ4n) is 2.44.